The minimum absolute atomic E-state index is 0.309. The van der Waals surface area contributed by atoms with Gasteiger partial charge >= 0.3 is 21.4 Å². The van der Waals surface area contributed by atoms with Crippen LogP contribution >= 0.6 is 0 Å². The lowest BCUT2D eigenvalue weighted by molar-refractivity contribution is -0.151. The third kappa shape index (κ3) is 2.51. The standard InChI is InChI=1S/C8H5F3O4S/c9-8(10,16(11,13)14)7(12)15-6-4-2-1-3-5-6/h1-5H. The smallest absolute Gasteiger partial charge is 0.421 e. The lowest BCUT2D eigenvalue weighted by Crippen LogP contribution is -2.38. The highest BCUT2D eigenvalue weighted by molar-refractivity contribution is 7.88. The summed E-state index contributed by atoms with van der Waals surface area (Å²) in [5.74, 6) is -2.79. The molecule has 0 saturated heterocycles. The second-order valence-corrected chi connectivity index (χ2v) is 4.05. The quantitative estimate of drug-likeness (QED) is 0.465. The van der Waals surface area contributed by atoms with Gasteiger partial charge in [-0.05, 0) is 12.1 Å². The highest BCUT2D eigenvalue weighted by atomic mass is 32.3. The van der Waals surface area contributed by atoms with Gasteiger partial charge in [0.05, 0.1) is 0 Å². The zero-order valence-electron chi connectivity index (χ0n) is 7.56. The zero-order chi connectivity index (χ0) is 12.4. The number of alkyl halides is 2. The summed E-state index contributed by atoms with van der Waals surface area (Å²) in [5, 5.41) is -5.21. The topological polar surface area (TPSA) is 60.4 Å². The number of carbonyl (C=O) groups excluding carboxylic acids is 1. The van der Waals surface area contributed by atoms with E-state index in [1.807, 2.05) is 0 Å². The minimum Gasteiger partial charge on any atom is -0.421 e. The summed E-state index contributed by atoms with van der Waals surface area (Å²) >= 11 is 0. The van der Waals surface area contributed by atoms with Crippen molar-refractivity contribution in [3.05, 3.63) is 30.3 Å². The minimum atomic E-state index is -6.33. The summed E-state index contributed by atoms with van der Waals surface area (Å²) in [5.41, 5.74) is 0. The Morgan fingerprint density at radius 3 is 2.12 bits per heavy atom. The molecule has 4 nitrogen and oxygen atoms in total. The van der Waals surface area contributed by atoms with E-state index in [-0.39, 0.29) is 5.75 Å². The Labute approximate surface area is 88.9 Å². The predicted molar refractivity (Wildman–Crippen MR) is 47.1 cm³/mol. The largest absolute Gasteiger partial charge is 0.470 e. The van der Waals surface area contributed by atoms with Crippen LogP contribution in [0.5, 0.6) is 5.75 Å². The van der Waals surface area contributed by atoms with Crippen molar-refractivity contribution in [3.8, 4) is 5.75 Å². The van der Waals surface area contributed by atoms with E-state index in [0.717, 1.165) is 12.1 Å². The fourth-order valence-corrected chi connectivity index (χ4v) is 0.995. The van der Waals surface area contributed by atoms with Crippen LogP contribution in [0, 0.1) is 0 Å². The Balaban J connectivity index is 2.90. The average molecular weight is 254 g/mol. The third-order valence-electron chi connectivity index (χ3n) is 1.50. The molecule has 0 unspecified atom stereocenters. The van der Waals surface area contributed by atoms with Crippen LogP contribution in [-0.4, -0.2) is 19.6 Å². The maximum absolute atomic E-state index is 12.6. The molecule has 0 heterocycles. The molecule has 1 aromatic rings. The van der Waals surface area contributed by atoms with Crippen molar-refractivity contribution in [2.75, 3.05) is 0 Å². The van der Waals surface area contributed by atoms with Crippen molar-refractivity contribution in [3.63, 3.8) is 0 Å². The molecular weight excluding hydrogens is 249 g/mol. The lowest BCUT2D eigenvalue weighted by Gasteiger charge is -2.10. The molecule has 0 fully saturated rings. The number of carbonyl (C=O) groups is 1. The molecule has 0 bridgehead atoms. The first-order valence-electron chi connectivity index (χ1n) is 3.84. The summed E-state index contributed by atoms with van der Waals surface area (Å²) in [6, 6.07) is 6.52. The van der Waals surface area contributed by atoms with Crippen molar-refractivity contribution in [1.82, 2.24) is 0 Å². The maximum atomic E-state index is 12.6. The Kier molecular flexibility index (Phi) is 3.22. The van der Waals surface area contributed by atoms with Gasteiger partial charge in [-0.1, -0.05) is 22.1 Å². The fraction of sp³-hybridized carbons (Fsp3) is 0.125. The lowest BCUT2D eigenvalue weighted by atomic mass is 10.3. The van der Waals surface area contributed by atoms with Crippen LogP contribution in [0.3, 0.4) is 0 Å². The molecule has 0 radical (unpaired) electrons. The first-order chi connectivity index (χ1) is 7.25. The van der Waals surface area contributed by atoms with E-state index in [4.69, 9.17) is 0 Å². The van der Waals surface area contributed by atoms with Gasteiger partial charge in [0.2, 0.25) is 0 Å². The first-order valence-corrected chi connectivity index (χ1v) is 5.23. The molecule has 0 aliphatic heterocycles. The molecule has 0 spiro atoms. The monoisotopic (exact) mass is 254 g/mol. The Hall–Kier alpha value is -1.57. The van der Waals surface area contributed by atoms with Crippen LogP contribution in [0.2, 0.25) is 0 Å². The molecule has 0 aliphatic carbocycles. The summed E-state index contributed by atoms with van der Waals surface area (Å²) in [6.07, 6.45) is 0. The van der Waals surface area contributed by atoms with E-state index in [9.17, 15) is 25.9 Å². The van der Waals surface area contributed by atoms with E-state index in [0.29, 0.717) is 0 Å². The van der Waals surface area contributed by atoms with Gasteiger partial charge < -0.3 is 4.74 Å². The molecule has 0 atom stereocenters. The number of ether oxygens (including phenoxy) is 1. The molecule has 0 aliphatic rings. The van der Waals surface area contributed by atoms with Crippen LogP contribution in [0.25, 0.3) is 0 Å². The third-order valence-corrected chi connectivity index (χ3v) is 2.28. The predicted octanol–water partition coefficient (Wildman–Crippen LogP) is 1.48. The summed E-state index contributed by atoms with van der Waals surface area (Å²) in [6.45, 7) is 0. The van der Waals surface area contributed by atoms with Crippen molar-refractivity contribution in [2.45, 2.75) is 5.25 Å². The van der Waals surface area contributed by atoms with Gasteiger partial charge in [0.15, 0.2) is 0 Å². The number of esters is 1. The molecule has 0 amide bonds. The number of hydrogen-bond acceptors (Lipinski definition) is 4. The van der Waals surface area contributed by atoms with Crippen molar-refractivity contribution in [1.29, 1.82) is 0 Å². The van der Waals surface area contributed by atoms with Crippen LogP contribution in [-0.2, 0) is 15.0 Å². The molecule has 16 heavy (non-hydrogen) atoms. The number of para-hydroxylation sites is 1. The normalized spacial score (nSPS) is 12.2. The second kappa shape index (κ2) is 4.12. The molecule has 0 saturated carbocycles. The summed E-state index contributed by atoms with van der Waals surface area (Å²) in [7, 11) is -6.33. The number of hydrogen-bond donors (Lipinski definition) is 0. The van der Waals surface area contributed by atoms with Crippen molar-refractivity contribution in [2.24, 2.45) is 0 Å². The van der Waals surface area contributed by atoms with Crippen LogP contribution in [0.4, 0.5) is 12.7 Å². The Morgan fingerprint density at radius 2 is 1.69 bits per heavy atom. The highest BCUT2D eigenvalue weighted by Crippen LogP contribution is 2.26. The molecule has 1 aromatic carbocycles. The van der Waals surface area contributed by atoms with Gasteiger partial charge in [-0.2, -0.15) is 17.2 Å². The van der Waals surface area contributed by atoms with Gasteiger partial charge in [-0.25, -0.2) is 4.79 Å². The van der Waals surface area contributed by atoms with Crippen LogP contribution < -0.4 is 4.74 Å². The Morgan fingerprint density at radius 1 is 1.19 bits per heavy atom. The SMILES string of the molecule is O=C(Oc1ccccc1)C(F)(F)S(=O)(=O)F. The second-order valence-electron chi connectivity index (χ2n) is 2.66. The van der Waals surface area contributed by atoms with Crippen LogP contribution in [0.15, 0.2) is 30.3 Å². The van der Waals surface area contributed by atoms with Crippen LogP contribution in [0.1, 0.15) is 0 Å². The van der Waals surface area contributed by atoms with Gasteiger partial charge in [0.25, 0.3) is 0 Å². The molecule has 1 rings (SSSR count). The molecule has 88 valence electrons. The number of rotatable bonds is 3. The fourth-order valence-electron chi connectivity index (χ4n) is 0.755. The van der Waals surface area contributed by atoms with Gasteiger partial charge in [-0.15, -0.1) is 0 Å². The number of benzene rings is 1. The summed E-state index contributed by atoms with van der Waals surface area (Å²) < 4.78 is 61.1. The highest BCUT2D eigenvalue weighted by Gasteiger charge is 2.55. The Bertz CT molecular complexity index is 483. The van der Waals surface area contributed by atoms with E-state index in [2.05, 4.69) is 4.74 Å². The zero-order valence-corrected chi connectivity index (χ0v) is 8.38. The van der Waals surface area contributed by atoms with E-state index in [1.54, 1.807) is 0 Å². The van der Waals surface area contributed by atoms with Gasteiger partial charge in [0, 0.05) is 0 Å². The van der Waals surface area contributed by atoms with Crippen molar-refractivity contribution >= 4 is 16.2 Å². The van der Waals surface area contributed by atoms with E-state index >= 15 is 0 Å². The molecule has 0 N–H and O–H groups in total. The maximum Gasteiger partial charge on any atom is 0.470 e. The summed E-state index contributed by atoms with van der Waals surface area (Å²) in [4.78, 5) is 10.7. The average Bonchev–Trinajstić information content (AvgIpc) is 2.17. The van der Waals surface area contributed by atoms with E-state index < -0.39 is 21.4 Å². The molecule has 0 aromatic heterocycles. The van der Waals surface area contributed by atoms with Gasteiger partial charge in [0.1, 0.15) is 5.75 Å². The molecular formula is C8H5F3O4S. The molecule has 8 heteroatoms. The van der Waals surface area contributed by atoms with Crippen molar-refractivity contribution < 1.29 is 30.6 Å². The number of halogens is 3. The van der Waals surface area contributed by atoms with Gasteiger partial charge in [-0.3, -0.25) is 0 Å². The van der Waals surface area contributed by atoms with E-state index in [1.165, 1.54) is 18.2 Å². The first kappa shape index (κ1) is 12.5.